The standard InChI is InChI=1S/C13H10.C9H13.C8H10O.2ClH.Ti/c1-3-7-12(8-4-1)11-13-9-5-2-6-10-13;1-9(2,3)8-6-4-5-7-8;1-6-3-7(2)5-8(9)4-6;;;/h1-10H;4,6H,5H2,1-3H3;3-5,9H,1-2H3;2*1H;/q;;;;;+1/p-1. The molecule has 4 rings (SSSR count). The number of benzene rings is 3. The quantitative estimate of drug-likeness (QED) is 0.301. The molecule has 1 aliphatic rings. The second-order valence-corrected chi connectivity index (χ2v) is 12.7. The predicted octanol–water partition coefficient (Wildman–Crippen LogP) is 8.59. The van der Waals surface area contributed by atoms with E-state index in [-0.39, 0.29) is 30.2 Å². The zero-order valence-corrected chi connectivity index (χ0v) is 23.8. The summed E-state index contributed by atoms with van der Waals surface area (Å²) in [7, 11) is 0. The molecule has 34 heavy (non-hydrogen) atoms. The minimum Gasteiger partial charge on any atom is -0.147 e. The SMILES string of the molecule is Cc1cc(C)cc([O][Ti]([C]2=C(C(C)(C)C)C=CC2)=[C](c2ccccc2)c2ccccc2)c1.Cl.Cl. The largest absolute Gasteiger partial charge is 0.147 e. The molecule has 0 saturated carbocycles. The maximum atomic E-state index is 7.09. The van der Waals surface area contributed by atoms with Gasteiger partial charge in [0, 0.05) is 0 Å². The van der Waals surface area contributed by atoms with E-state index in [1.165, 1.54) is 35.5 Å². The van der Waals surface area contributed by atoms with Crippen molar-refractivity contribution in [2.75, 3.05) is 0 Å². The Balaban J connectivity index is 0.00000204. The van der Waals surface area contributed by atoms with Gasteiger partial charge in [0.2, 0.25) is 0 Å². The van der Waals surface area contributed by atoms with Crippen molar-refractivity contribution in [2.24, 2.45) is 5.41 Å². The Morgan fingerprint density at radius 1 is 0.765 bits per heavy atom. The van der Waals surface area contributed by atoms with Gasteiger partial charge < -0.3 is 0 Å². The Morgan fingerprint density at radius 2 is 1.26 bits per heavy atom. The number of hydrogen-bond acceptors (Lipinski definition) is 1. The van der Waals surface area contributed by atoms with E-state index in [9.17, 15) is 0 Å². The van der Waals surface area contributed by atoms with Gasteiger partial charge in [-0.25, -0.2) is 0 Å². The summed E-state index contributed by atoms with van der Waals surface area (Å²) in [5, 5.41) is 0. The first kappa shape index (κ1) is 28.3. The fraction of sp³-hybridized carbons (Fsp3) is 0.233. The summed E-state index contributed by atoms with van der Waals surface area (Å²) >= 11 is -2.42. The number of hydrogen-bond donors (Lipinski definition) is 0. The molecule has 178 valence electrons. The van der Waals surface area contributed by atoms with Crippen LogP contribution in [0.3, 0.4) is 0 Å². The fourth-order valence-electron chi connectivity index (χ4n) is 4.43. The van der Waals surface area contributed by atoms with E-state index >= 15 is 0 Å². The monoisotopic (exact) mass is 528 g/mol. The number of rotatable bonds is 5. The Hall–Kier alpha value is -1.90. The fourth-order valence-corrected chi connectivity index (χ4v) is 8.72. The van der Waals surface area contributed by atoms with Gasteiger partial charge >= 0.3 is 200 Å². The molecule has 1 nitrogen and oxygen atoms in total. The maximum absolute atomic E-state index is 7.09. The molecular formula is C30H34Cl2OTi. The smallest absolute Gasteiger partial charge is 0.147 e. The van der Waals surface area contributed by atoms with Crippen molar-refractivity contribution in [3.63, 3.8) is 0 Å². The van der Waals surface area contributed by atoms with Crippen LogP contribution < -0.4 is 3.32 Å². The predicted molar refractivity (Wildman–Crippen MR) is 147 cm³/mol. The minimum atomic E-state index is -2.42. The molecule has 0 N–H and O–H groups in total. The molecule has 1 aliphatic carbocycles. The topological polar surface area (TPSA) is 9.23 Å². The summed E-state index contributed by atoms with van der Waals surface area (Å²) in [5.41, 5.74) is 6.56. The first-order valence-electron chi connectivity index (χ1n) is 11.3. The van der Waals surface area contributed by atoms with Crippen LogP contribution in [0, 0.1) is 19.3 Å². The van der Waals surface area contributed by atoms with Crippen molar-refractivity contribution in [3.8, 4) is 5.75 Å². The van der Waals surface area contributed by atoms with E-state index in [2.05, 4.69) is 126 Å². The van der Waals surface area contributed by atoms with Crippen LogP contribution in [0.2, 0.25) is 0 Å². The molecular weight excluding hydrogens is 495 g/mol. The molecule has 0 unspecified atom stereocenters. The van der Waals surface area contributed by atoms with Crippen LogP contribution in [-0.4, -0.2) is 3.81 Å². The van der Waals surface area contributed by atoms with Crippen LogP contribution in [-0.2, 0) is 17.8 Å². The molecule has 0 fully saturated rings. The van der Waals surface area contributed by atoms with Crippen LogP contribution >= 0.6 is 24.8 Å². The van der Waals surface area contributed by atoms with Crippen molar-refractivity contribution in [3.05, 3.63) is 123 Å². The Labute approximate surface area is 223 Å². The molecule has 3 aromatic rings. The number of halogens is 2. The Morgan fingerprint density at radius 3 is 1.74 bits per heavy atom. The summed E-state index contributed by atoms with van der Waals surface area (Å²) in [6, 6.07) is 28.3. The molecule has 0 radical (unpaired) electrons. The van der Waals surface area contributed by atoms with Gasteiger partial charge in [-0.15, -0.1) is 24.8 Å². The van der Waals surface area contributed by atoms with Crippen molar-refractivity contribution in [2.45, 2.75) is 41.0 Å². The normalized spacial score (nSPS) is 12.6. The third-order valence-electron chi connectivity index (χ3n) is 5.78. The summed E-state index contributed by atoms with van der Waals surface area (Å²) in [4.78, 5) is 0. The Bertz CT molecular complexity index is 1140. The molecule has 0 bridgehead atoms. The summed E-state index contributed by atoms with van der Waals surface area (Å²) < 4.78 is 9.98. The number of allylic oxidation sites excluding steroid dienone is 4. The van der Waals surface area contributed by atoms with E-state index < -0.39 is 17.8 Å². The van der Waals surface area contributed by atoms with Gasteiger partial charge in [-0.05, 0) is 0 Å². The Kier molecular flexibility index (Phi) is 10.2. The molecule has 0 amide bonds. The van der Waals surface area contributed by atoms with E-state index in [0.717, 1.165) is 12.2 Å². The van der Waals surface area contributed by atoms with Crippen LogP contribution in [0.25, 0.3) is 0 Å². The van der Waals surface area contributed by atoms with E-state index in [4.69, 9.17) is 3.32 Å². The van der Waals surface area contributed by atoms with Gasteiger partial charge in [0.05, 0.1) is 0 Å². The van der Waals surface area contributed by atoms with Crippen LogP contribution in [0.1, 0.15) is 49.4 Å². The van der Waals surface area contributed by atoms with Crippen LogP contribution in [0.5, 0.6) is 5.75 Å². The molecule has 0 atom stereocenters. The summed E-state index contributed by atoms with van der Waals surface area (Å²) in [6.07, 6.45) is 5.64. The van der Waals surface area contributed by atoms with Gasteiger partial charge in [0.15, 0.2) is 0 Å². The van der Waals surface area contributed by atoms with Gasteiger partial charge in [0.25, 0.3) is 0 Å². The van der Waals surface area contributed by atoms with E-state index in [1.807, 2.05) is 0 Å². The zero-order valence-electron chi connectivity index (χ0n) is 20.6. The third kappa shape index (κ3) is 6.61. The number of aryl methyl sites for hydroxylation is 2. The van der Waals surface area contributed by atoms with Gasteiger partial charge in [-0.2, -0.15) is 0 Å². The molecule has 3 aromatic carbocycles. The average Bonchev–Trinajstić information content (AvgIpc) is 3.25. The minimum absolute atomic E-state index is 0. The summed E-state index contributed by atoms with van der Waals surface area (Å²) in [6.45, 7) is 11.2. The van der Waals surface area contributed by atoms with Crippen molar-refractivity contribution in [1.29, 1.82) is 0 Å². The molecule has 0 heterocycles. The van der Waals surface area contributed by atoms with E-state index in [1.54, 1.807) is 0 Å². The second-order valence-electron chi connectivity index (χ2n) is 9.61. The first-order chi connectivity index (χ1) is 15.3. The van der Waals surface area contributed by atoms with Crippen molar-refractivity contribution in [1.82, 2.24) is 0 Å². The van der Waals surface area contributed by atoms with Gasteiger partial charge in [0.1, 0.15) is 0 Å². The molecule has 0 aromatic heterocycles. The first-order valence-corrected chi connectivity index (χ1v) is 13.5. The van der Waals surface area contributed by atoms with Crippen LogP contribution in [0.4, 0.5) is 0 Å². The van der Waals surface area contributed by atoms with Crippen LogP contribution in [0.15, 0.2) is 100 Å². The van der Waals surface area contributed by atoms with E-state index in [0.29, 0.717) is 0 Å². The summed E-state index contributed by atoms with van der Waals surface area (Å²) in [5.74, 6) is 0.995. The molecule has 4 heteroatoms. The van der Waals surface area contributed by atoms with Gasteiger partial charge in [-0.1, -0.05) is 0 Å². The maximum Gasteiger partial charge on any atom is -0.147 e. The molecule has 0 aliphatic heterocycles. The zero-order chi connectivity index (χ0) is 22.7. The third-order valence-corrected chi connectivity index (χ3v) is 9.67. The molecule has 0 spiro atoms. The second kappa shape index (κ2) is 12.2. The van der Waals surface area contributed by atoms with Gasteiger partial charge in [-0.3, -0.25) is 0 Å². The van der Waals surface area contributed by atoms with Crippen molar-refractivity contribution < 1.29 is 21.1 Å². The molecule has 0 saturated heterocycles. The average molecular weight is 529 g/mol. The van der Waals surface area contributed by atoms with Crippen molar-refractivity contribution >= 4 is 28.6 Å².